The molecule has 1 saturated heterocycles. The minimum atomic E-state index is -0.295. The van der Waals surface area contributed by atoms with Crippen LogP contribution in [0.1, 0.15) is 35.2 Å². The molecule has 144 valence electrons. The van der Waals surface area contributed by atoms with Crippen molar-refractivity contribution in [3.05, 3.63) is 65.7 Å². The Morgan fingerprint density at radius 3 is 2.67 bits per heavy atom. The largest absolute Gasteiger partial charge is 0.385 e. The molecule has 1 fully saturated rings. The van der Waals surface area contributed by atoms with E-state index in [-0.39, 0.29) is 17.3 Å². The van der Waals surface area contributed by atoms with Crippen LogP contribution in [0.15, 0.2) is 48.8 Å². The van der Waals surface area contributed by atoms with Gasteiger partial charge < -0.3 is 10.1 Å². The lowest BCUT2D eigenvalue weighted by Crippen LogP contribution is -2.55. The molecule has 0 radical (unpaired) electrons. The lowest BCUT2D eigenvalue weighted by Gasteiger charge is -2.42. The van der Waals surface area contributed by atoms with Crippen LogP contribution in [-0.2, 0) is 11.3 Å². The van der Waals surface area contributed by atoms with Crippen molar-refractivity contribution in [2.24, 2.45) is 0 Å². The number of rotatable bonds is 7. The Morgan fingerprint density at radius 1 is 1.26 bits per heavy atom. The van der Waals surface area contributed by atoms with Gasteiger partial charge in [0.2, 0.25) is 0 Å². The number of ether oxygens (including phenoxy) is 1. The first-order valence-corrected chi connectivity index (χ1v) is 9.29. The van der Waals surface area contributed by atoms with Gasteiger partial charge in [-0.3, -0.25) is 14.7 Å². The van der Waals surface area contributed by atoms with Gasteiger partial charge in [-0.2, -0.15) is 0 Å². The number of nitrogens with one attached hydrogen (secondary N) is 1. The number of carbonyl (C=O) groups is 1. The number of methoxy groups -OCH3 is 1. The molecule has 0 bridgehead atoms. The van der Waals surface area contributed by atoms with Gasteiger partial charge in [0.05, 0.1) is 6.20 Å². The number of hydrogen-bond acceptors (Lipinski definition) is 4. The smallest absolute Gasteiger partial charge is 0.251 e. The van der Waals surface area contributed by atoms with Crippen LogP contribution in [0.25, 0.3) is 0 Å². The molecule has 1 N–H and O–H groups in total. The molecule has 6 heteroatoms. The van der Waals surface area contributed by atoms with Crippen LogP contribution in [0.5, 0.6) is 0 Å². The Bertz CT molecular complexity index is 746. The molecule has 0 saturated carbocycles. The van der Waals surface area contributed by atoms with E-state index in [0.29, 0.717) is 24.3 Å². The van der Waals surface area contributed by atoms with Crippen molar-refractivity contribution < 1.29 is 13.9 Å². The molecule has 0 unspecified atom stereocenters. The van der Waals surface area contributed by atoms with Crippen molar-refractivity contribution in [1.29, 1.82) is 0 Å². The second-order valence-electron chi connectivity index (χ2n) is 7.09. The van der Waals surface area contributed by atoms with Gasteiger partial charge in [-0.1, -0.05) is 18.2 Å². The van der Waals surface area contributed by atoms with Gasteiger partial charge in [0.25, 0.3) is 5.91 Å². The van der Waals surface area contributed by atoms with Crippen molar-refractivity contribution in [2.75, 3.05) is 26.8 Å². The number of benzene rings is 1. The molecule has 1 aliphatic heterocycles. The van der Waals surface area contributed by atoms with Crippen LogP contribution in [0.4, 0.5) is 4.39 Å². The van der Waals surface area contributed by atoms with Crippen LogP contribution in [0, 0.1) is 5.82 Å². The quantitative estimate of drug-likeness (QED) is 0.813. The Kier molecular flexibility index (Phi) is 6.53. The van der Waals surface area contributed by atoms with Gasteiger partial charge in [-0.15, -0.1) is 0 Å². The Balaban J connectivity index is 1.64. The van der Waals surface area contributed by atoms with E-state index in [2.05, 4.69) is 15.2 Å². The fourth-order valence-electron chi connectivity index (χ4n) is 3.55. The van der Waals surface area contributed by atoms with E-state index >= 15 is 0 Å². The zero-order valence-corrected chi connectivity index (χ0v) is 15.7. The third-order valence-corrected chi connectivity index (χ3v) is 5.26. The first-order chi connectivity index (χ1) is 13.1. The molecular weight excluding hydrogens is 345 g/mol. The topological polar surface area (TPSA) is 54.5 Å². The van der Waals surface area contributed by atoms with Gasteiger partial charge in [-0.05, 0) is 37.5 Å². The monoisotopic (exact) mass is 371 g/mol. The Hall–Kier alpha value is -2.31. The summed E-state index contributed by atoms with van der Waals surface area (Å²) in [5.74, 6) is -0.327. The highest BCUT2D eigenvalue weighted by Crippen LogP contribution is 2.27. The maximum atomic E-state index is 13.9. The first-order valence-electron chi connectivity index (χ1n) is 9.29. The molecule has 2 aromatic rings. The van der Waals surface area contributed by atoms with Crippen molar-refractivity contribution in [3.63, 3.8) is 0 Å². The number of aromatic nitrogens is 1. The standard InChI is InChI=1S/C21H26FN3O2/c1-27-14-10-21(24-20(26)17-5-3-2-4-6-17)8-12-25(13-9-21)16-18-7-11-23-15-19(18)22/h2-7,11,15H,8-10,12-14,16H2,1H3,(H,24,26). The third kappa shape index (κ3) is 5.11. The summed E-state index contributed by atoms with van der Waals surface area (Å²) in [5, 5.41) is 3.25. The van der Waals surface area contributed by atoms with Gasteiger partial charge in [0.1, 0.15) is 5.82 Å². The number of pyridine rings is 1. The number of carbonyl (C=O) groups excluding carboxylic acids is 1. The molecule has 27 heavy (non-hydrogen) atoms. The molecule has 0 atom stereocenters. The minimum Gasteiger partial charge on any atom is -0.385 e. The van der Waals surface area contributed by atoms with E-state index in [1.54, 1.807) is 19.4 Å². The Morgan fingerprint density at radius 2 is 2.00 bits per heavy atom. The lowest BCUT2D eigenvalue weighted by molar-refractivity contribution is 0.0689. The molecular formula is C21H26FN3O2. The third-order valence-electron chi connectivity index (χ3n) is 5.26. The zero-order valence-electron chi connectivity index (χ0n) is 15.7. The molecule has 1 aromatic heterocycles. The van der Waals surface area contributed by atoms with Crippen LogP contribution in [0.3, 0.4) is 0 Å². The van der Waals surface area contributed by atoms with Crippen molar-refractivity contribution in [3.8, 4) is 0 Å². The van der Waals surface area contributed by atoms with Gasteiger partial charge in [0.15, 0.2) is 0 Å². The molecule has 1 aromatic carbocycles. The first kappa shape index (κ1) is 19.5. The summed E-state index contributed by atoms with van der Waals surface area (Å²) in [6.07, 6.45) is 5.25. The summed E-state index contributed by atoms with van der Waals surface area (Å²) < 4.78 is 19.1. The van der Waals surface area contributed by atoms with E-state index in [4.69, 9.17) is 4.74 Å². The van der Waals surface area contributed by atoms with Crippen molar-refractivity contribution in [1.82, 2.24) is 15.2 Å². The second kappa shape index (κ2) is 9.06. The number of piperidine rings is 1. The maximum Gasteiger partial charge on any atom is 0.251 e. The van der Waals surface area contributed by atoms with Crippen LogP contribution < -0.4 is 5.32 Å². The van der Waals surface area contributed by atoms with Crippen molar-refractivity contribution in [2.45, 2.75) is 31.3 Å². The van der Waals surface area contributed by atoms with E-state index in [9.17, 15) is 9.18 Å². The fraction of sp³-hybridized carbons (Fsp3) is 0.429. The van der Waals surface area contributed by atoms with E-state index < -0.39 is 0 Å². The summed E-state index contributed by atoms with van der Waals surface area (Å²) in [5.41, 5.74) is 1.02. The molecule has 0 spiro atoms. The fourth-order valence-corrected chi connectivity index (χ4v) is 3.55. The molecule has 1 amide bonds. The highest BCUT2D eigenvalue weighted by atomic mass is 19.1. The molecule has 0 aliphatic carbocycles. The lowest BCUT2D eigenvalue weighted by atomic mass is 9.84. The van der Waals surface area contributed by atoms with Crippen LogP contribution >= 0.6 is 0 Å². The van der Waals surface area contributed by atoms with E-state index in [1.165, 1.54) is 6.20 Å². The minimum absolute atomic E-state index is 0.0552. The highest BCUT2D eigenvalue weighted by Gasteiger charge is 2.36. The number of likely N-dealkylation sites (tertiary alicyclic amines) is 1. The van der Waals surface area contributed by atoms with Gasteiger partial charge in [-0.25, -0.2) is 4.39 Å². The van der Waals surface area contributed by atoms with E-state index in [0.717, 1.165) is 32.4 Å². The maximum absolute atomic E-state index is 13.9. The number of amides is 1. The summed E-state index contributed by atoms with van der Waals surface area (Å²) in [6, 6.07) is 11.0. The normalized spacial score (nSPS) is 16.8. The molecule has 3 rings (SSSR count). The van der Waals surface area contributed by atoms with E-state index in [1.807, 2.05) is 30.3 Å². The van der Waals surface area contributed by atoms with Gasteiger partial charge >= 0.3 is 0 Å². The Labute approximate surface area is 159 Å². The number of halogens is 1. The van der Waals surface area contributed by atoms with Gasteiger partial charge in [0, 0.05) is 56.2 Å². The van der Waals surface area contributed by atoms with Crippen molar-refractivity contribution >= 4 is 5.91 Å². The van der Waals surface area contributed by atoms with Crippen LogP contribution in [0.2, 0.25) is 0 Å². The summed E-state index contributed by atoms with van der Waals surface area (Å²) in [6.45, 7) is 2.73. The average molecular weight is 371 g/mol. The summed E-state index contributed by atoms with van der Waals surface area (Å²) >= 11 is 0. The molecule has 2 heterocycles. The SMILES string of the molecule is COCCC1(NC(=O)c2ccccc2)CCN(Cc2ccncc2F)CC1. The number of hydrogen-bond donors (Lipinski definition) is 1. The predicted octanol–water partition coefficient (Wildman–Crippen LogP) is 3.02. The molecule has 1 aliphatic rings. The average Bonchev–Trinajstić information content (AvgIpc) is 2.70. The second-order valence-corrected chi connectivity index (χ2v) is 7.09. The summed E-state index contributed by atoms with van der Waals surface area (Å²) in [7, 11) is 1.67. The highest BCUT2D eigenvalue weighted by molar-refractivity contribution is 5.94. The zero-order chi connectivity index (χ0) is 19.1. The predicted molar refractivity (Wildman–Crippen MR) is 102 cm³/mol. The number of nitrogens with zero attached hydrogens (tertiary/aromatic N) is 2. The summed E-state index contributed by atoms with van der Waals surface area (Å²) in [4.78, 5) is 18.7. The van der Waals surface area contributed by atoms with Crippen LogP contribution in [-0.4, -0.2) is 48.1 Å². The molecule has 5 nitrogen and oxygen atoms in total.